The summed E-state index contributed by atoms with van der Waals surface area (Å²) < 4.78 is 72.5. The van der Waals surface area contributed by atoms with E-state index in [1.54, 1.807) is 18.7 Å². The molecule has 39 heavy (non-hydrogen) atoms. The smallest absolute Gasteiger partial charge is 0.352 e. The Labute approximate surface area is 225 Å². The van der Waals surface area contributed by atoms with Gasteiger partial charge in [0, 0.05) is 47.6 Å². The standard InChI is InChI=1S/C27H25F5N4O2S/c1-14-12-34(13-15(2)36(14)25(37)16(3)28)24-19-11-20(27(30,31)32)21(17-5-7-18(29)8-6-17)23-22(19)35(26(38)33-24)9-4-10-39-23/h5-8,11,14-15H,3-4,9-10,12-13H2,1-2H3. The van der Waals surface area contributed by atoms with Gasteiger partial charge in [0.2, 0.25) is 0 Å². The van der Waals surface area contributed by atoms with Gasteiger partial charge in [-0.1, -0.05) is 18.7 Å². The molecule has 1 saturated heterocycles. The molecule has 0 spiro atoms. The molecule has 0 radical (unpaired) electrons. The number of carbonyl (C=O) groups excluding carboxylic acids is 1. The molecule has 12 heteroatoms. The molecule has 2 atom stereocenters. The van der Waals surface area contributed by atoms with Gasteiger partial charge in [0.15, 0.2) is 5.83 Å². The van der Waals surface area contributed by atoms with Gasteiger partial charge in [-0.3, -0.25) is 9.36 Å². The number of amides is 1. The van der Waals surface area contributed by atoms with E-state index in [1.807, 2.05) is 0 Å². The number of alkyl halides is 3. The molecule has 0 N–H and O–H groups in total. The van der Waals surface area contributed by atoms with Crippen LogP contribution in [0.25, 0.3) is 22.0 Å². The monoisotopic (exact) mass is 564 g/mol. The van der Waals surface area contributed by atoms with Crippen molar-refractivity contribution < 1.29 is 26.7 Å². The second-order valence-electron chi connectivity index (χ2n) is 9.82. The lowest BCUT2D eigenvalue weighted by Gasteiger charge is -2.44. The Bertz CT molecular complexity index is 1520. The minimum Gasteiger partial charge on any atom is -0.352 e. The maximum Gasteiger partial charge on any atom is 0.417 e. The van der Waals surface area contributed by atoms with Crippen LogP contribution in [0, 0.1) is 5.82 Å². The number of hydrogen-bond acceptors (Lipinski definition) is 5. The largest absolute Gasteiger partial charge is 0.417 e. The van der Waals surface area contributed by atoms with E-state index in [4.69, 9.17) is 0 Å². The molecule has 5 rings (SSSR count). The number of nitrogens with zero attached hydrogens (tertiary/aromatic N) is 4. The average molecular weight is 565 g/mol. The third-order valence-corrected chi connectivity index (χ3v) is 8.27. The molecule has 3 heterocycles. The van der Waals surface area contributed by atoms with Crippen molar-refractivity contribution in [2.45, 2.75) is 50.0 Å². The molecule has 0 bridgehead atoms. The van der Waals surface area contributed by atoms with Crippen LogP contribution in [0.3, 0.4) is 0 Å². The van der Waals surface area contributed by atoms with Crippen molar-refractivity contribution >= 4 is 34.4 Å². The van der Waals surface area contributed by atoms with Gasteiger partial charge in [-0.2, -0.15) is 18.2 Å². The number of piperazine rings is 1. The number of benzene rings is 2. The van der Waals surface area contributed by atoms with Crippen molar-refractivity contribution in [3.05, 3.63) is 64.6 Å². The number of anilines is 1. The summed E-state index contributed by atoms with van der Waals surface area (Å²) >= 11 is 1.23. The van der Waals surface area contributed by atoms with Crippen molar-refractivity contribution in [1.29, 1.82) is 0 Å². The van der Waals surface area contributed by atoms with Crippen LogP contribution >= 0.6 is 11.8 Å². The van der Waals surface area contributed by atoms with Crippen molar-refractivity contribution in [2.24, 2.45) is 0 Å². The Kier molecular flexibility index (Phi) is 6.94. The quantitative estimate of drug-likeness (QED) is 0.305. The van der Waals surface area contributed by atoms with Crippen LogP contribution in [0.5, 0.6) is 0 Å². The number of thioether (sulfide) groups is 1. The minimum atomic E-state index is -4.76. The second-order valence-corrected chi connectivity index (χ2v) is 10.9. The number of aryl methyl sites for hydroxylation is 1. The number of carbonyl (C=O) groups is 1. The molecule has 2 unspecified atom stereocenters. The summed E-state index contributed by atoms with van der Waals surface area (Å²) in [5.74, 6) is -1.97. The van der Waals surface area contributed by atoms with Crippen molar-refractivity contribution in [3.63, 3.8) is 0 Å². The number of aromatic nitrogens is 2. The van der Waals surface area contributed by atoms with E-state index in [2.05, 4.69) is 11.6 Å². The highest BCUT2D eigenvalue weighted by atomic mass is 32.2. The summed E-state index contributed by atoms with van der Waals surface area (Å²) in [7, 11) is 0. The molecule has 0 aliphatic carbocycles. The van der Waals surface area contributed by atoms with Crippen molar-refractivity contribution in [3.8, 4) is 11.1 Å². The number of halogens is 5. The molecular formula is C27H25F5N4O2S. The average Bonchev–Trinajstić information content (AvgIpc) is 3.09. The van der Waals surface area contributed by atoms with Gasteiger partial charge >= 0.3 is 11.9 Å². The molecule has 1 amide bonds. The first-order chi connectivity index (χ1) is 18.4. The highest BCUT2D eigenvalue weighted by Gasteiger charge is 2.39. The predicted molar refractivity (Wildman–Crippen MR) is 140 cm³/mol. The summed E-state index contributed by atoms with van der Waals surface area (Å²) in [6.07, 6.45) is -4.21. The maximum atomic E-state index is 14.6. The zero-order valence-electron chi connectivity index (χ0n) is 21.2. The number of hydrogen-bond donors (Lipinski definition) is 0. The highest BCUT2D eigenvalue weighted by Crippen LogP contribution is 2.48. The Balaban J connectivity index is 1.77. The molecule has 1 fully saturated rings. The Morgan fingerprint density at radius 3 is 2.36 bits per heavy atom. The highest BCUT2D eigenvalue weighted by molar-refractivity contribution is 7.99. The van der Waals surface area contributed by atoms with Crippen LogP contribution in [0.2, 0.25) is 0 Å². The van der Waals surface area contributed by atoms with Crippen molar-refractivity contribution in [2.75, 3.05) is 23.7 Å². The van der Waals surface area contributed by atoms with Crippen LogP contribution in [0.1, 0.15) is 25.8 Å². The molecule has 6 nitrogen and oxygen atoms in total. The SMILES string of the molecule is C=C(F)C(=O)N1C(C)CN(c2nc(=O)n3c4c(c(-c5ccc(F)cc5)c(C(F)(F)F)cc24)SCCC3)CC1C. The van der Waals surface area contributed by atoms with Gasteiger partial charge in [-0.15, -0.1) is 11.8 Å². The van der Waals surface area contributed by atoms with E-state index in [0.29, 0.717) is 17.7 Å². The molecule has 1 aromatic heterocycles. The zero-order chi connectivity index (χ0) is 28.2. The summed E-state index contributed by atoms with van der Waals surface area (Å²) in [6, 6.07) is 4.77. The zero-order valence-corrected chi connectivity index (χ0v) is 22.0. The lowest BCUT2D eigenvalue weighted by atomic mass is 9.96. The fourth-order valence-electron chi connectivity index (χ4n) is 5.54. The fourth-order valence-corrected chi connectivity index (χ4v) is 6.75. The first-order valence-corrected chi connectivity index (χ1v) is 13.4. The third kappa shape index (κ3) is 4.79. The van der Waals surface area contributed by atoms with Gasteiger partial charge in [0.05, 0.1) is 11.1 Å². The van der Waals surface area contributed by atoms with Crippen LogP contribution in [0.15, 0.2) is 52.4 Å². The Morgan fingerprint density at radius 1 is 1.13 bits per heavy atom. The van der Waals surface area contributed by atoms with Crippen LogP contribution in [0.4, 0.5) is 27.8 Å². The van der Waals surface area contributed by atoms with Crippen LogP contribution in [-0.4, -0.2) is 51.3 Å². The van der Waals surface area contributed by atoms with Gasteiger partial charge < -0.3 is 9.80 Å². The van der Waals surface area contributed by atoms with Crippen LogP contribution < -0.4 is 10.6 Å². The first kappa shape index (κ1) is 27.2. The Morgan fingerprint density at radius 2 is 1.77 bits per heavy atom. The van der Waals surface area contributed by atoms with E-state index in [0.717, 1.165) is 18.2 Å². The molecule has 2 aliphatic heterocycles. The molecule has 2 aliphatic rings. The summed E-state index contributed by atoms with van der Waals surface area (Å²) in [6.45, 7) is 7.00. The van der Waals surface area contributed by atoms with E-state index < -0.39 is 47.1 Å². The lowest BCUT2D eigenvalue weighted by Crippen LogP contribution is -2.59. The summed E-state index contributed by atoms with van der Waals surface area (Å²) in [5.41, 5.74) is -1.08. The topological polar surface area (TPSA) is 58.4 Å². The minimum absolute atomic E-state index is 0.0797. The second kappa shape index (κ2) is 9.96. The van der Waals surface area contributed by atoms with Gasteiger partial charge in [0.1, 0.15) is 11.6 Å². The molecule has 3 aromatic rings. The van der Waals surface area contributed by atoms with Gasteiger partial charge in [-0.25, -0.2) is 13.6 Å². The normalized spacial score (nSPS) is 19.8. The van der Waals surface area contributed by atoms with E-state index >= 15 is 0 Å². The van der Waals surface area contributed by atoms with Crippen molar-refractivity contribution in [1.82, 2.24) is 14.5 Å². The van der Waals surface area contributed by atoms with E-state index in [1.165, 1.54) is 33.4 Å². The maximum absolute atomic E-state index is 14.6. The number of rotatable bonds is 3. The van der Waals surface area contributed by atoms with Gasteiger partial charge in [-0.05, 0) is 49.8 Å². The van der Waals surface area contributed by atoms with Gasteiger partial charge in [0.25, 0.3) is 5.91 Å². The molecular weight excluding hydrogens is 539 g/mol. The Hall–Kier alpha value is -3.41. The first-order valence-electron chi connectivity index (χ1n) is 12.4. The molecule has 206 valence electrons. The van der Waals surface area contributed by atoms with E-state index in [-0.39, 0.29) is 46.9 Å². The molecule has 0 saturated carbocycles. The molecule has 2 aromatic carbocycles. The third-order valence-electron chi connectivity index (χ3n) is 7.09. The van der Waals surface area contributed by atoms with E-state index in [9.17, 15) is 31.5 Å². The summed E-state index contributed by atoms with van der Waals surface area (Å²) in [5, 5.41) is 0.159. The lowest BCUT2D eigenvalue weighted by molar-refractivity contribution is -0.137. The summed E-state index contributed by atoms with van der Waals surface area (Å²) in [4.78, 5) is 33.2. The predicted octanol–water partition coefficient (Wildman–Crippen LogP) is 5.63. The van der Waals surface area contributed by atoms with Crippen LogP contribution in [-0.2, 0) is 17.5 Å². The fraction of sp³-hybridized carbons (Fsp3) is 0.370.